The fraction of sp³-hybridized carbons (Fsp3) is 0.545. The number of nitrogens with one attached hydrogen (secondary N) is 1. The van der Waals surface area contributed by atoms with Gasteiger partial charge in [-0.15, -0.1) is 0 Å². The minimum Gasteiger partial charge on any atom is -0.394 e. The van der Waals surface area contributed by atoms with Gasteiger partial charge in [0.1, 0.15) is 18.3 Å². The predicted octanol–water partition coefficient (Wildman–Crippen LogP) is -2.03. The van der Waals surface area contributed by atoms with Crippen molar-refractivity contribution in [2.24, 2.45) is 0 Å². The molecule has 0 aromatic carbocycles. The standard InChI is InChI=1S/C11H15N5O5/c1-20-7-6(18)4(2-17)21-10(7)16-3-13-5-8(16)14-11(12)15-9(5)19/h3-4,6-7,10,17-18H,2H2,1H3,(H3,12,14,15,19)/t4-,6+,7?,10-/m1/s1. The molecule has 3 rings (SSSR count). The average Bonchev–Trinajstić information content (AvgIpc) is 2.99. The van der Waals surface area contributed by atoms with Gasteiger partial charge in [0.25, 0.3) is 5.56 Å². The van der Waals surface area contributed by atoms with Gasteiger partial charge in [-0.2, -0.15) is 4.98 Å². The van der Waals surface area contributed by atoms with E-state index in [9.17, 15) is 15.0 Å². The van der Waals surface area contributed by atoms with Crippen LogP contribution in [0, 0.1) is 0 Å². The molecule has 21 heavy (non-hydrogen) atoms. The molecule has 0 spiro atoms. The molecule has 5 N–H and O–H groups in total. The minimum absolute atomic E-state index is 0.0551. The van der Waals surface area contributed by atoms with Crippen LogP contribution >= 0.6 is 0 Å². The maximum atomic E-state index is 11.8. The van der Waals surface area contributed by atoms with Gasteiger partial charge >= 0.3 is 0 Å². The number of ether oxygens (including phenoxy) is 2. The van der Waals surface area contributed by atoms with E-state index in [4.69, 9.17) is 15.2 Å². The zero-order valence-electron chi connectivity index (χ0n) is 11.1. The van der Waals surface area contributed by atoms with Crippen LogP contribution in [0.2, 0.25) is 0 Å². The van der Waals surface area contributed by atoms with Gasteiger partial charge in [-0.25, -0.2) is 4.98 Å². The second-order valence-electron chi connectivity index (χ2n) is 4.71. The van der Waals surface area contributed by atoms with Crippen LogP contribution < -0.4 is 11.3 Å². The number of fused-ring (bicyclic) bond motifs is 1. The first-order valence-corrected chi connectivity index (χ1v) is 6.26. The Balaban J connectivity index is 2.10. The molecule has 0 saturated carbocycles. The van der Waals surface area contributed by atoms with E-state index in [0.717, 1.165) is 0 Å². The third kappa shape index (κ3) is 2.08. The van der Waals surface area contributed by atoms with Gasteiger partial charge in [-0.1, -0.05) is 0 Å². The van der Waals surface area contributed by atoms with Crippen molar-refractivity contribution in [1.29, 1.82) is 0 Å². The summed E-state index contributed by atoms with van der Waals surface area (Å²) in [5, 5.41) is 19.3. The molecule has 4 atom stereocenters. The number of imidazole rings is 1. The Morgan fingerprint density at radius 1 is 1.62 bits per heavy atom. The van der Waals surface area contributed by atoms with E-state index in [-0.39, 0.29) is 23.7 Å². The van der Waals surface area contributed by atoms with Crippen LogP contribution in [0.1, 0.15) is 6.23 Å². The minimum atomic E-state index is -1.01. The highest BCUT2D eigenvalue weighted by Crippen LogP contribution is 2.32. The van der Waals surface area contributed by atoms with E-state index < -0.39 is 30.1 Å². The van der Waals surface area contributed by atoms with Crippen LogP contribution in [0.3, 0.4) is 0 Å². The van der Waals surface area contributed by atoms with Crippen LogP contribution in [-0.2, 0) is 9.47 Å². The van der Waals surface area contributed by atoms with E-state index in [1.807, 2.05) is 0 Å². The Bertz CT molecular complexity index is 713. The third-order valence-electron chi connectivity index (χ3n) is 3.49. The first kappa shape index (κ1) is 13.9. The second-order valence-corrected chi connectivity index (χ2v) is 4.71. The van der Waals surface area contributed by atoms with Crippen molar-refractivity contribution in [3.05, 3.63) is 16.7 Å². The van der Waals surface area contributed by atoms with Crippen LogP contribution in [0.5, 0.6) is 0 Å². The molecule has 0 bridgehead atoms. The lowest BCUT2D eigenvalue weighted by Gasteiger charge is -2.19. The van der Waals surface area contributed by atoms with Crippen LogP contribution in [0.4, 0.5) is 5.95 Å². The summed E-state index contributed by atoms with van der Waals surface area (Å²) in [4.78, 5) is 22.1. The lowest BCUT2D eigenvalue weighted by atomic mass is 10.1. The number of methoxy groups -OCH3 is 1. The quantitative estimate of drug-likeness (QED) is 0.506. The van der Waals surface area contributed by atoms with Gasteiger partial charge in [0.05, 0.1) is 12.9 Å². The maximum Gasteiger partial charge on any atom is 0.280 e. The number of aliphatic hydroxyl groups excluding tert-OH is 2. The molecule has 0 radical (unpaired) electrons. The summed E-state index contributed by atoms with van der Waals surface area (Å²) in [6.07, 6.45) is -1.96. The summed E-state index contributed by atoms with van der Waals surface area (Å²) in [5.41, 5.74) is 5.38. The molecule has 1 aliphatic rings. The summed E-state index contributed by atoms with van der Waals surface area (Å²) in [6, 6.07) is 0. The highest BCUT2D eigenvalue weighted by Gasteiger charge is 2.45. The van der Waals surface area contributed by atoms with Gasteiger partial charge in [0.2, 0.25) is 5.95 Å². The van der Waals surface area contributed by atoms with E-state index in [1.165, 1.54) is 18.0 Å². The van der Waals surface area contributed by atoms with Crippen molar-refractivity contribution in [1.82, 2.24) is 19.5 Å². The molecule has 1 aliphatic heterocycles. The fourth-order valence-electron chi connectivity index (χ4n) is 2.48. The van der Waals surface area contributed by atoms with Crippen molar-refractivity contribution in [3.63, 3.8) is 0 Å². The number of hydrogen-bond donors (Lipinski definition) is 4. The molecule has 1 unspecified atom stereocenters. The number of nitrogens with zero attached hydrogens (tertiary/aromatic N) is 3. The highest BCUT2D eigenvalue weighted by atomic mass is 16.6. The molecule has 10 nitrogen and oxygen atoms in total. The molecule has 2 aromatic heterocycles. The summed E-state index contributed by atoms with van der Waals surface area (Å²) in [6.45, 7) is -0.361. The largest absolute Gasteiger partial charge is 0.394 e. The van der Waals surface area contributed by atoms with Crippen molar-refractivity contribution in [2.75, 3.05) is 19.5 Å². The average molecular weight is 297 g/mol. The SMILES string of the molecule is COC1[C@@H](O)[C@@H](CO)O[C@H]1n1cnc2c(=O)[nH]c(N)nc21. The molecule has 1 fully saturated rings. The number of hydrogen-bond acceptors (Lipinski definition) is 8. The predicted molar refractivity (Wildman–Crippen MR) is 70.4 cm³/mol. The van der Waals surface area contributed by atoms with E-state index in [0.29, 0.717) is 0 Å². The first-order valence-electron chi connectivity index (χ1n) is 6.26. The molecular weight excluding hydrogens is 282 g/mol. The zero-order chi connectivity index (χ0) is 15.1. The van der Waals surface area contributed by atoms with Crippen molar-refractivity contribution in [2.45, 2.75) is 24.5 Å². The molecule has 0 amide bonds. The van der Waals surface area contributed by atoms with Gasteiger partial charge in [0, 0.05) is 7.11 Å². The number of nitrogens with two attached hydrogens (primary N) is 1. The molecule has 3 heterocycles. The summed E-state index contributed by atoms with van der Waals surface area (Å²) < 4.78 is 12.2. The number of aliphatic hydroxyl groups is 2. The number of H-pyrrole nitrogens is 1. The Hall–Kier alpha value is -2.01. The Labute approximate surface area is 118 Å². The molecule has 0 aliphatic carbocycles. The van der Waals surface area contributed by atoms with Crippen LogP contribution in [-0.4, -0.2) is 61.8 Å². The molecule has 1 saturated heterocycles. The summed E-state index contributed by atoms with van der Waals surface area (Å²) >= 11 is 0. The highest BCUT2D eigenvalue weighted by molar-refractivity contribution is 5.70. The molecule has 2 aromatic rings. The number of aromatic amines is 1. The molecule has 114 valence electrons. The fourth-order valence-corrected chi connectivity index (χ4v) is 2.48. The number of aromatic nitrogens is 4. The maximum absolute atomic E-state index is 11.8. The van der Waals surface area contributed by atoms with Gasteiger partial charge in [-0.05, 0) is 0 Å². The number of rotatable bonds is 3. The van der Waals surface area contributed by atoms with E-state index >= 15 is 0 Å². The monoisotopic (exact) mass is 297 g/mol. The first-order chi connectivity index (χ1) is 10.1. The van der Waals surface area contributed by atoms with E-state index in [1.54, 1.807) is 0 Å². The summed E-state index contributed by atoms with van der Waals surface area (Å²) in [5.74, 6) is -0.0551. The third-order valence-corrected chi connectivity index (χ3v) is 3.49. The number of anilines is 1. The Kier molecular flexibility index (Phi) is 3.37. The van der Waals surface area contributed by atoms with Crippen molar-refractivity contribution < 1.29 is 19.7 Å². The Morgan fingerprint density at radius 2 is 2.38 bits per heavy atom. The normalized spacial score (nSPS) is 29.3. The number of nitrogen functional groups attached to an aromatic ring is 1. The lowest BCUT2D eigenvalue weighted by molar-refractivity contribution is -0.0583. The lowest BCUT2D eigenvalue weighted by Crippen LogP contribution is -2.34. The summed E-state index contributed by atoms with van der Waals surface area (Å²) in [7, 11) is 1.41. The molecule has 10 heteroatoms. The molecular formula is C11H15N5O5. The van der Waals surface area contributed by atoms with Crippen molar-refractivity contribution >= 4 is 17.1 Å². The van der Waals surface area contributed by atoms with Gasteiger partial charge < -0.3 is 25.4 Å². The van der Waals surface area contributed by atoms with Crippen LogP contribution in [0.15, 0.2) is 11.1 Å². The van der Waals surface area contributed by atoms with Crippen LogP contribution in [0.25, 0.3) is 11.2 Å². The topological polar surface area (TPSA) is 149 Å². The van der Waals surface area contributed by atoms with Crippen molar-refractivity contribution in [3.8, 4) is 0 Å². The zero-order valence-corrected chi connectivity index (χ0v) is 11.1. The van der Waals surface area contributed by atoms with Gasteiger partial charge in [0.15, 0.2) is 17.4 Å². The smallest absolute Gasteiger partial charge is 0.280 e. The second kappa shape index (κ2) is 5.07. The van der Waals surface area contributed by atoms with Gasteiger partial charge in [-0.3, -0.25) is 14.3 Å². The Morgan fingerprint density at radius 3 is 3.05 bits per heavy atom. The van der Waals surface area contributed by atoms with E-state index in [2.05, 4.69) is 15.0 Å².